The first kappa shape index (κ1) is 12.8. The lowest BCUT2D eigenvalue weighted by Gasteiger charge is -2.35. The van der Waals surface area contributed by atoms with E-state index in [4.69, 9.17) is 0 Å². The Morgan fingerprint density at radius 2 is 2.33 bits per heavy atom. The van der Waals surface area contributed by atoms with E-state index < -0.39 is 0 Å². The molecule has 1 aliphatic rings. The number of anilines is 1. The molecular weight excluding hydrogens is 230 g/mol. The molecule has 5 nitrogen and oxygen atoms in total. The van der Waals surface area contributed by atoms with Crippen LogP contribution >= 0.6 is 0 Å². The minimum atomic E-state index is -0.177. The van der Waals surface area contributed by atoms with Crippen molar-refractivity contribution in [1.29, 1.82) is 0 Å². The Bertz CT molecular complexity index is 430. The predicted molar refractivity (Wildman–Crippen MR) is 69.6 cm³/mol. The first-order valence-electron chi connectivity index (χ1n) is 6.17. The van der Waals surface area contributed by atoms with Crippen molar-refractivity contribution in [1.82, 2.24) is 10.3 Å². The van der Waals surface area contributed by atoms with Gasteiger partial charge in [0, 0.05) is 32.5 Å². The third kappa shape index (κ3) is 2.79. The van der Waals surface area contributed by atoms with Crippen molar-refractivity contribution in [3.63, 3.8) is 0 Å². The quantitative estimate of drug-likeness (QED) is 0.822. The van der Waals surface area contributed by atoms with E-state index in [1.165, 1.54) is 0 Å². The van der Waals surface area contributed by atoms with E-state index in [2.05, 4.69) is 15.2 Å². The smallest absolute Gasteiger partial charge is 0.269 e. The topological polar surface area (TPSA) is 65.5 Å². The Labute approximate surface area is 107 Å². The SMILES string of the molecule is CNC(=O)c1cc(N(C)CC2CC(O)C2)ccn1. The highest BCUT2D eigenvalue weighted by Crippen LogP contribution is 2.29. The van der Waals surface area contributed by atoms with Gasteiger partial charge in [0.15, 0.2) is 0 Å². The molecule has 0 bridgehead atoms. The standard InChI is InChI=1S/C13H19N3O2/c1-14-13(18)12-7-10(3-4-15-12)16(2)8-9-5-11(17)6-9/h3-4,7,9,11,17H,5-6,8H2,1-2H3,(H,14,18). The van der Waals surface area contributed by atoms with Gasteiger partial charge < -0.3 is 15.3 Å². The van der Waals surface area contributed by atoms with Crippen molar-refractivity contribution in [2.24, 2.45) is 5.92 Å². The molecule has 0 atom stereocenters. The maximum absolute atomic E-state index is 11.5. The first-order chi connectivity index (χ1) is 8.60. The van der Waals surface area contributed by atoms with Crippen LogP contribution in [0.2, 0.25) is 0 Å². The van der Waals surface area contributed by atoms with Gasteiger partial charge in [-0.2, -0.15) is 0 Å². The Morgan fingerprint density at radius 3 is 2.94 bits per heavy atom. The van der Waals surface area contributed by atoms with Gasteiger partial charge in [0.25, 0.3) is 5.91 Å². The number of carbonyl (C=O) groups excluding carboxylic acids is 1. The molecule has 0 spiro atoms. The van der Waals surface area contributed by atoms with Gasteiger partial charge in [-0.25, -0.2) is 0 Å². The fraction of sp³-hybridized carbons (Fsp3) is 0.538. The summed E-state index contributed by atoms with van der Waals surface area (Å²) < 4.78 is 0. The van der Waals surface area contributed by atoms with Gasteiger partial charge >= 0.3 is 0 Å². The summed E-state index contributed by atoms with van der Waals surface area (Å²) >= 11 is 0. The van der Waals surface area contributed by atoms with E-state index in [9.17, 15) is 9.90 Å². The van der Waals surface area contributed by atoms with Crippen LogP contribution in [0.3, 0.4) is 0 Å². The van der Waals surface area contributed by atoms with Crippen molar-refractivity contribution in [2.75, 3.05) is 25.5 Å². The minimum absolute atomic E-state index is 0.123. The highest BCUT2D eigenvalue weighted by atomic mass is 16.3. The molecule has 0 aromatic carbocycles. The average Bonchev–Trinajstić information content (AvgIpc) is 2.36. The van der Waals surface area contributed by atoms with E-state index >= 15 is 0 Å². The second-order valence-electron chi connectivity index (χ2n) is 4.85. The lowest BCUT2D eigenvalue weighted by atomic mass is 9.82. The van der Waals surface area contributed by atoms with Gasteiger partial charge in [-0.3, -0.25) is 9.78 Å². The van der Waals surface area contributed by atoms with E-state index in [0.717, 1.165) is 25.1 Å². The second-order valence-corrected chi connectivity index (χ2v) is 4.85. The summed E-state index contributed by atoms with van der Waals surface area (Å²) in [5.41, 5.74) is 1.40. The zero-order valence-corrected chi connectivity index (χ0v) is 10.8. The maximum atomic E-state index is 11.5. The van der Waals surface area contributed by atoms with Gasteiger partial charge in [-0.15, -0.1) is 0 Å². The molecule has 1 fully saturated rings. The third-order valence-corrected chi connectivity index (χ3v) is 3.39. The third-order valence-electron chi connectivity index (χ3n) is 3.39. The number of rotatable bonds is 4. The molecule has 0 saturated heterocycles. The van der Waals surface area contributed by atoms with Gasteiger partial charge in [0.05, 0.1) is 6.10 Å². The number of aliphatic hydroxyl groups is 1. The summed E-state index contributed by atoms with van der Waals surface area (Å²) in [6, 6.07) is 3.68. The monoisotopic (exact) mass is 249 g/mol. The summed E-state index contributed by atoms with van der Waals surface area (Å²) in [5, 5.41) is 11.8. The summed E-state index contributed by atoms with van der Waals surface area (Å²) in [4.78, 5) is 17.6. The molecule has 1 amide bonds. The Hall–Kier alpha value is -1.62. The fourth-order valence-electron chi connectivity index (χ4n) is 2.25. The van der Waals surface area contributed by atoms with Crippen molar-refractivity contribution < 1.29 is 9.90 Å². The van der Waals surface area contributed by atoms with Crippen LogP contribution in [-0.4, -0.2) is 42.7 Å². The number of pyridine rings is 1. The van der Waals surface area contributed by atoms with Crippen LogP contribution in [0.15, 0.2) is 18.3 Å². The normalized spacial score (nSPS) is 22.2. The summed E-state index contributed by atoms with van der Waals surface area (Å²) in [6.45, 7) is 0.897. The van der Waals surface area contributed by atoms with Crippen LogP contribution in [0.25, 0.3) is 0 Å². The summed E-state index contributed by atoms with van der Waals surface area (Å²) in [7, 11) is 3.59. The maximum Gasteiger partial charge on any atom is 0.269 e. The molecule has 98 valence electrons. The van der Waals surface area contributed by atoms with Crippen molar-refractivity contribution in [2.45, 2.75) is 18.9 Å². The van der Waals surface area contributed by atoms with Gasteiger partial charge in [-0.1, -0.05) is 0 Å². The molecule has 1 aliphatic carbocycles. The number of nitrogens with one attached hydrogen (secondary N) is 1. The second kappa shape index (κ2) is 5.35. The number of nitrogens with zero attached hydrogens (tertiary/aromatic N) is 2. The molecule has 2 N–H and O–H groups in total. The number of aliphatic hydroxyl groups excluding tert-OH is 1. The number of hydrogen-bond acceptors (Lipinski definition) is 4. The zero-order valence-electron chi connectivity index (χ0n) is 10.8. The van der Waals surface area contributed by atoms with Crippen LogP contribution in [-0.2, 0) is 0 Å². The van der Waals surface area contributed by atoms with Gasteiger partial charge in [-0.05, 0) is 30.9 Å². The van der Waals surface area contributed by atoms with E-state index in [1.54, 1.807) is 19.3 Å². The number of amides is 1. The summed E-state index contributed by atoms with van der Waals surface area (Å²) in [5.74, 6) is 0.367. The van der Waals surface area contributed by atoms with Crippen LogP contribution in [0.5, 0.6) is 0 Å². The molecule has 1 saturated carbocycles. The predicted octanol–water partition coefficient (Wildman–Crippen LogP) is 0.648. The lowest BCUT2D eigenvalue weighted by molar-refractivity contribution is 0.0465. The summed E-state index contributed by atoms with van der Waals surface area (Å²) in [6.07, 6.45) is 3.27. The highest BCUT2D eigenvalue weighted by Gasteiger charge is 2.28. The molecular formula is C13H19N3O2. The molecule has 5 heteroatoms. The molecule has 0 radical (unpaired) electrons. The Balaban J connectivity index is 2.01. The van der Waals surface area contributed by atoms with E-state index in [-0.39, 0.29) is 12.0 Å². The van der Waals surface area contributed by atoms with Crippen molar-refractivity contribution >= 4 is 11.6 Å². The molecule has 1 heterocycles. The zero-order chi connectivity index (χ0) is 13.1. The lowest BCUT2D eigenvalue weighted by Crippen LogP contribution is -2.37. The van der Waals surface area contributed by atoms with E-state index in [0.29, 0.717) is 11.6 Å². The van der Waals surface area contributed by atoms with Crippen molar-refractivity contribution in [3.05, 3.63) is 24.0 Å². The molecule has 18 heavy (non-hydrogen) atoms. The highest BCUT2D eigenvalue weighted by molar-refractivity contribution is 5.92. The fourth-order valence-corrected chi connectivity index (χ4v) is 2.25. The van der Waals surface area contributed by atoms with Crippen LogP contribution in [0.1, 0.15) is 23.3 Å². The number of aromatic nitrogens is 1. The Kier molecular flexibility index (Phi) is 3.81. The van der Waals surface area contributed by atoms with Crippen molar-refractivity contribution in [3.8, 4) is 0 Å². The average molecular weight is 249 g/mol. The molecule has 0 unspecified atom stereocenters. The molecule has 2 rings (SSSR count). The largest absolute Gasteiger partial charge is 0.393 e. The number of hydrogen-bond donors (Lipinski definition) is 2. The molecule has 0 aliphatic heterocycles. The first-order valence-corrected chi connectivity index (χ1v) is 6.17. The van der Waals surface area contributed by atoms with Gasteiger partial charge in [0.1, 0.15) is 5.69 Å². The number of carbonyl (C=O) groups is 1. The van der Waals surface area contributed by atoms with Crippen LogP contribution in [0, 0.1) is 5.92 Å². The molecule has 1 aromatic rings. The van der Waals surface area contributed by atoms with Crippen LogP contribution in [0.4, 0.5) is 5.69 Å². The minimum Gasteiger partial charge on any atom is -0.393 e. The van der Waals surface area contributed by atoms with Gasteiger partial charge in [0.2, 0.25) is 0 Å². The molecule has 1 aromatic heterocycles. The van der Waals surface area contributed by atoms with Crippen LogP contribution < -0.4 is 10.2 Å². The Morgan fingerprint density at radius 1 is 1.61 bits per heavy atom. The van der Waals surface area contributed by atoms with E-state index in [1.807, 2.05) is 13.1 Å².